The van der Waals surface area contributed by atoms with Crippen LogP contribution in [0.15, 0.2) is 45.9 Å². The van der Waals surface area contributed by atoms with E-state index in [2.05, 4.69) is 32.3 Å². The number of nitrogens with zero attached hydrogens (tertiary/aromatic N) is 1. The first-order valence-corrected chi connectivity index (χ1v) is 8.54. The summed E-state index contributed by atoms with van der Waals surface area (Å²) in [4.78, 5) is 4.45. The number of para-hydroxylation sites is 1. The molecule has 0 saturated carbocycles. The summed E-state index contributed by atoms with van der Waals surface area (Å²) in [5, 5.41) is 3.14. The molecule has 2 aromatic carbocycles. The lowest BCUT2D eigenvalue weighted by Crippen LogP contribution is -2.23. The van der Waals surface area contributed by atoms with E-state index in [1.165, 1.54) is 5.56 Å². The van der Waals surface area contributed by atoms with Crippen LogP contribution in [0.5, 0.6) is 5.75 Å². The van der Waals surface area contributed by atoms with Crippen LogP contribution < -0.4 is 15.8 Å². The fourth-order valence-corrected chi connectivity index (χ4v) is 3.29. The monoisotopic (exact) mass is 517 g/mol. The molecule has 3 rings (SSSR count). The normalized spacial score (nSPS) is 13.0. The molecule has 2 aromatic rings. The molecule has 0 aromatic heterocycles. The minimum absolute atomic E-state index is 0. The highest BCUT2D eigenvalue weighted by Gasteiger charge is 2.17. The van der Waals surface area contributed by atoms with Gasteiger partial charge in [-0.25, -0.2) is 4.99 Å². The smallest absolute Gasteiger partial charge is 0.193 e. The average Bonchev–Trinajstić information content (AvgIpc) is 3.03. The Balaban J connectivity index is 0.00000225. The van der Waals surface area contributed by atoms with Crippen LogP contribution in [0.1, 0.15) is 16.7 Å². The van der Waals surface area contributed by atoms with E-state index in [1.807, 2.05) is 30.3 Å². The molecule has 1 aliphatic rings. The first-order chi connectivity index (χ1) is 11.7. The number of nitrogens with two attached hydrogens (primary N) is 1. The first kappa shape index (κ1) is 20.0. The number of hydrogen-bond acceptors (Lipinski definition) is 3. The van der Waals surface area contributed by atoms with Gasteiger partial charge in [0.25, 0.3) is 0 Å². The summed E-state index contributed by atoms with van der Waals surface area (Å²) in [6.07, 6.45) is 0.934. The molecule has 5 nitrogen and oxygen atoms in total. The second-order valence-corrected chi connectivity index (χ2v) is 6.48. The Hall–Kier alpha value is -1.32. The largest absolute Gasteiger partial charge is 0.493 e. The zero-order valence-electron chi connectivity index (χ0n) is 13.9. The maximum absolute atomic E-state index is 6.05. The van der Waals surface area contributed by atoms with Crippen molar-refractivity contribution in [2.75, 3.05) is 19.0 Å². The van der Waals surface area contributed by atoms with Gasteiger partial charge in [0.05, 0.1) is 19.8 Å². The second kappa shape index (κ2) is 9.40. The molecular weight excluding hydrogens is 497 g/mol. The minimum atomic E-state index is 0. The van der Waals surface area contributed by atoms with Crippen LogP contribution in [-0.4, -0.2) is 19.7 Å². The van der Waals surface area contributed by atoms with E-state index < -0.39 is 0 Å². The zero-order chi connectivity index (χ0) is 16.9. The Kier molecular flexibility index (Phi) is 7.52. The van der Waals surface area contributed by atoms with E-state index in [-0.39, 0.29) is 24.0 Å². The average molecular weight is 518 g/mol. The molecule has 0 unspecified atom stereocenters. The summed E-state index contributed by atoms with van der Waals surface area (Å²) in [6, 6.07) is 12.0. The van der Waals surface area contributed by atoms with Crippen LogP contribution in [-0.2, 0) is 24.3 Å². The Labute approximate surface area is 173 Å². The quantitative estimate of drug-likeness (QED) is 0.356. The molecule has 0 radical (unpaired) electrons. The topological polar surface area (TPSA) is 68.9 Å². The molecule has 0 aliphatic carbocycles. The van der Waals surface area contributed by atoms with E-state index in [1.54, 1.807) is 7.11 Å². The van der Waals surface area contributed by atoms with Gasteiger partial charge in [0.15, 0.2) is 5.96 Å². The lowest BCUT2D eigenvalue weighted by atomic mass is 10.1. The standard InChI is InChI=1S/C18H20BrN3O2.HI/c1-23-11-13-4-2-3-5-16(13)22-18(20)21-10-14-9-15(19)8-12-6-7-24-17(12)14;/h2-5,8-9H,6-7,10-11H2,1H3,(H3,20,21,22);1H. The summed E-state index contributed by atoms with van der Waals surface area (Å²) in [5.74, 6) is 1.31. The molecular formula is C18H21BrIN3O2. The molecule has 0 spiro atoms. The number of ether oxygens (including phenoxy) is 2. The van der Waals surface area contributed by atoms with Gasteiger partial charge in [-0.05, 0) is 23.8 Å². The third-order valence-corrected chi connectivity index (χ3v) is 4.28. The summed E-state index contributed by atoms with van der Waals surface area (Å²) in [7, 11) is 1.67. The van der Waals surface area contributed by atoms with E-state index in [4.69, 9.17) is 15.2 Å². The van der Waals surface area contributed by atoms with E-state index in [9.17, 15) is 0 Å². The van der Waals surface area contributed by atoms with Crippen LogP contribution in [0.2, 0.25) is 0 Å². The number of guanidine groups is 1. The fraction of sp³-hybridized carbons (Fsp3) is 0.278. The van der Waals surface area contributed by atoms with Crippen molar-refractivity contribution >= 4 is 51.6 Å². The van der Waals surface area contributed by atoms with Crippen LogP contribution in [0, 0.1) is 0 Å². The third kappa shape index (κ3) is 5.08. The number of anilines is 1. The lowest BCUT2D eigenvalue weighted by Gasteiger charge is -2.11. The summed E-state index contributed by atoms with van der Waals surface area (Å²) in [5.41, 5.74) is 10.2. The fourth-order valence-electron chi connectivity index (χ4n) is 2.73. The predicted octanol–water partition coefficient (Wildman–Crippen LogP) is 4.08. The van der Waals surface area contributed by atoms with Gasteiger partial charge in [-0.2, -0.15) is 0 Å². The van der Waals surface area contributed by atoms with Crippen molar-refractivity contribution in [1.29, 1.82) is 0 Å². The van der Waals surface area contributed by atoms with E-state index in [0.29, 0.717) is 19.1 Å². The van der Waals surface area contributed by atoms with Crippen LogP contribution in [0.4, 0.5) is 5.69 Å². The molecule has 0 saturated heterocycles. The van der Waals surface area contributed by atoms with Crippen LogP contribution >= 0.6 is 39.9 Å². The van der Waals surface area contributed by atoms with Crippen molar-refractivity contribution in [3.05, 3.63) is 57.6 Å². The van der Waals surface area contributed by atoms with Gasteiger partial charge in [-0.15, -0.1) is 24.0 Å². The highest BCUT2D eigenvalue weighted by atomic mass is 127. The predicted molar refractivity (Wildman–Crippen MR) is 115 cm³/mol. The maximum atomic E-state index is 6.05. The number of halogens is 2. The summed E-state index contributed by atoms with van der Waals surface area (Å²) < 4.78 is 12.0. The molecule has 0 fully saturated rings. The van der Waals surface area contributed by atoms with E-state index in [0.717, 1.165) is 40.1 Å². The molecule has 1 heterocycles. The molecule has 3 N–H and O–H groups in total. The number of aliphatic imine (C=N–C) groups is 1. The van der Waals surface area contributed by atoms with Crippen molar-refractivity contribution in [3.8, 4) is 5.75 Å². The molecule has 134 valence electrons. The van der Waals surface area contributed by atoms with Crippen molar-refractivity contribution in [1.82, 2.24) is 0 Å². The third-order valence-electron chi connectivity index (χ3n) is 3.83. The van der Waals surface area contributed by atoms with Crippen LogP contribution in [0.3, 0.4) is 0 Å². The van der Waals surface area contributed by atoms with Gasteiger partial charge >= 0.3 is 0 Å². The highest BCUT2D eigenvalue weighted by molar-refractivity contribution is 14.0. The van der Waals surface area contributed by atoms with Gasteiger partial charge in [0.2, 0.25) is 0 Å². The lowest BCUT2D eigenvalue weighted by molar-refractivity contribution is 0.185. The van der Waals surface area contributed by atoms with Crippen molar-refractivity contribution in [2.24, 2.45) is 10.7 Å². The molecule has 0 atom stereocenters. The molecule has 0 amide bonds. The number of hydrogen-bond donors (Lipinski definition) is 2. The second-order valence-electron chi connectivity index (χ2n) is 5.57. The number of methoxy groups -OCH3 is 1. The summed E-state index contributed by atoms with van der Waals surface area (Å²) >= 11 is 3.54. The van der Waals surface area contributed by atoms with Crippen LogP contribution in [0.25, 0.3) is 0 Å². The molecule has 25 heavy (non-hydrogen) atoms. The van der Waals surface area contributed by atoms with Crippen molar-refractivity contribution in [2.45, 2.75) is 19.6 Å². The maximum Gasteiger partial charge on any atom is 0.193 e. The van der Waals surface area contributed by atoms with Gasteiger partial charge in [-0.1, -0.05) is 34.1 Å². The number of benzene rings is 2. The van der Waals surface area contributed by atoms with E-state index >= 15 is 0 Å². The van der Waals surface area contributed by atoms with Crippen molar-refractivity contribution < 1.29 is 9.47 Å². The SMILES string of the molecule is COCc1ccccc1NC(N)=NCc1cc(Br)cc2c1OCC2.I. The number of nitrogens with one attached hydrogen (secondary N) is 1. The Morgan fingerprint density at radius 3 is 2.92 bits per heavy atom. The Morgan fingerprint density at radius 2 is 2.12 bits per heavy atom. The number of fused-ring (bicyclic) bond motifs is 1. The van der Waals surface area contributed by atoms with Gasteiger partial charge in [0.1, 0.15) is 5.75 Å². The molecule has 0 bridgehead atoms. The zero-order valence-corrected chi connectivity index (χ0v) is 17.8. The van der Waals surface area contributed by atoms with Gasteiger partial charge in [0, 0.05) is 34.8 Å². The van der Waals surface area contributed by atoms with Gasteiger partial charge in [-0.3, -0.25) is 0 Å². The highest BCUT2D eigenvalue weighted by Crippen LogP contribution is 2.33. The Morgan fingerprint density at radius 1 is 1.32 bits per heavy atom. The van der Waals surface area contributed by atoms with Gasteiger partial charge < -0.3 is 20.5 Å². The minimum Gasteiger partial charge on any atom is -0.493 e. The summed E-state index contributed by atoms with van der Waals surface area (Å²) in [6.45, 7) is 1.71. The Bertz CT molecular complexity index is 768. The number of rotatable bonds is 5. The first-order valence-electron chi connectivity index (χ1n) is 7.75. The molecule has 1 aliphatic heterocycles. The molecule has 7 heteroatoms. The van der Waals surface area contributed by atoms with Crippen molar-refractivity contribution in [3.63, 3.8) is 0 Å².